The zero-order valence-corrected chi connectivity index (χ0v) is 16.2. The third-order valence-electron chi connectivity index (χ3n) is 5.27. The second-order valence-corrected chi connectivity index (χ2v) is 7.29. The van der Waals surface area contributed by atoms with Crippen LogP contribution in [0.25, 0.3) is 0 Å². The molecule has 26 heavy (non-hydrogen) atoms. The van der Waals surface area contributed by atoms with Gasteiger partial charge in [-0.3, -0.25) is 4.90 Å². The van der Waals surface area contributed by atoms with Crippen LogP contribution in [0.3, 0.4) is 0 Å². The lowest BCUT2D eigenvalue weighted by molar-refractivity contribution is 0.125. The van der Waals surface area contributed by atoms with Gasteiger partial charge in [-0.15, -0.1) is 0 Å². The minimum absolute atomic E-state index is 0.860. The van der Waals surface area contributed by atoms with Crippen LogP contribution in [-0.4, -0.2) is 54.2 Å². The quantitative estimate of drug-likeness (QED) is 0.700. The number of rotatable bonds is 9. The summed E-state index contributed by atoms with van der Waals surface area (Å²) in [5.41, 5.74) is 3.63. The van der Waals surface area contributed by atoms with Crippen molar-refractivity contribution in [1.29, 1.82) is 0 Å². The van der Waals surface area contributed by atoms with E-state index in [0.29, 0.717) is 0 Å². The molecule has 1 aromatic carbocycles. The SMILES string of the molecule is Cc1noc(C)c1CNCCCCN1CCN(Cc2ccccc2)CC1. The van der Waals surface area contributed by atoms with E-state index in [1.807, 2.05) is 13.8 Å². The smallest absolute Gasteiger partial charge is 0.138 e. The van der Waals surface area contributed by atoms with E-state index >= 15 is 0 Å². The van der Waals surface area contributed by atoms with Crippen LogP contribution in [0.4, 0.5) is 0 Å². The number of piperazine rings is 1. The minimum Gasteiger partial charge on any atom is -0.361 e. The van der Waals surface area contributed by atoms with E-state index in [9.17, 15) is 0 Å². The molecule has 142 valence electrons. The molecule has 1 aromatic heterocycles. The molecule has 0 saturated carbocycles. The molecule has 1 aliphatic rings. The highest BCUT2D eigenvalue weighted by Crippen LogP contribution is 2.12. The van der Waals surface area contributed by atoms with Gasteiger partial charge in [0.05, 0.1) is 5.69 Å². The topological polar surface area (TPSA) is 44.5 Å². The molecule has 0 amide bonds. The molecule has 0 bridgehead atoms. The Hall–Kier alpha value is -1.69. The van der Waals surface area contributed by atoms with Crippen molar-refractivity contribution < 1.29 is 4.52 Å². The molecule has 0 aliphatic carbocycles. The van der Waals surface area contributed by atoms with Crippen LogP contribution in [0, 0.1) is 13.8 Å². The minimum atomic E-state index is 0.860. The number of benzene rings is 1. The zero-order valence-electron chi connectivity index (χ0n) is 16.2. The van der Waals surface area contributed by atoms with Crippen LogP contribution in [-0.2, 0) is 13.1 Å². The van der Waals surface area contributed by atoms with Crippen molar-refractivity contribution in [2.24, 2.45) is 0 Å². The van der Waals surface area contributed by atoms with Gasteiger partial charge < -0.3 is 14.7 Å². The molecule has 3 rings (SSSR count). The summed E-state index contributed by atoms with van der Waals surface area (Å²) in [6.07, 6.45) is 2.47. The number of nitrogens with zero attached hydrogens (tertiary/aromatic N) is 3. The summed E-state index contributed by atoms with van der Waals surface area (Å²) in [5.74, 6) is 0.934. The summed E-state index contributed by atoms with van der Waals surface area (Å²) in [6, 6.07) is 10.8. The maximum absolute atomic E-state index is 5.20. The van der Waals surface area contributed by atoms with E-state index < -0.39 is 0 Å². The van der Waals surface area contributed by atoms with E-state index in [2.05, 4.69) is 50.6 Å². The first-order valence-corrected chi connectivity index (χ1v) is 9.83. The molecule has 1 fully saturated rings. The Kier molecular flexibility index (Phi) is 7.23. The number of aryl methyl sites for hydroxylation is 2. The van der Waals surface area contributed by atoms with Gasteiger partial charge in [0.2, 0.25) is 0 Å². The van der Waals surface area contributed by atoms with Gasteiger partial charge in [0.25, 0.3) is 0 Å². The lowest BCUT2D eigenvalue weighted by Gasteiger charge is -2.34. The number of aromatic nitrogens is 1. The molecule has 1 saturated heterocycles. The molecular weight excluding hydrogens is 324 g/mol. The highest BCUT2D eigenvalue weighted by Gasteiger charge is 2.16. The second kappa shape index (κ2) is 9.86. The Labute approximate surface area is 157 Å². The summed E-state index contributed by atoms with van der Waals surface area (Å²) in [7, 11) is 0. The fourth-order valence-corrected chi connectivity index (χ4v) is 3.57. The fraction of sp³-hybridized carbons (Fsp3) is 0.571. The number of hydrogen-bond donors (Lipinski definition) is 1. The molecule has 2 heterocycles. The summed E-state index contributed by atoms with van der Waals surface area (Å²) in [5, 5.41) is 7.51. The van der Waals surface area contributed by atoms with Crippen molar-refractivity contribution >= 4 is 0 Å². The predicted octanol–water partition coefficient (Wildman–Crippen LogP) is 2.98. The first-order chi connectivity index (χ1) is 12.7. The Bertz CT molecular complexity index is 628. The second-order valence-electron chi connectivity index (χ2n) is 7.29. The first kappa shape index (κ1) is 19.1. The maximum atomic E-state index is 5.20. The van der Waals surface area contributed by atoms with Gasteiger partial charge in [0.1, 0.15) is 5.76 Å². The van der Waals surface area contributed by atoms with Crippen LogP contribution in [0.5, 0.6) is 0 Å². The molecule has 0 spiro atoms. The average Bonchev–Trinajstić information content (AvgIpc) is 2.98. The Morgan fingerprint density at radius 3 is 2.42 bits per heavy atom. The van der Waals surface area contributed by atoms with Crippen LogP contribution in [0.15, 0.2) is 34.9 Å². The first-order valence-electron chi connectivity index (χ1n) is 9.83. The molecule has 0 atom stereocenters. The normalized spacial score (nSPS) is 16.2. The summed E-state index contributed by atoms with van der Waals surface area (Å²) >= 11 is 0. The predicted molar refractivity (Wildman–Crippen MR) is 105 cm³/mol. The third kappa shape index (κ3) is 5.66. The highest BCUT2D eigenvalue weighted by molar-refractivity contribution is 5.20. The largest absolute Gasteiger partial charge is 0.361 e. The molecule has 2 aromatic rings. The molecule has 1 N–H and O–H groups in total. The lowest BCUT2D eigenvalue weighted by Crippen LogP contribution is -2.46. The Balaban J connectivity index is 1.24. The molecule has 1 aliphatic heterocycles. The Morgan fingerprint density at radius 2 is 1.73 bits per heavy atom. The third-order valence-corrected chi connectivity index (χ3v) is 5.27. The molecule has 0 radical (unpaired) electrons. The lowest BCUT2D eigenvalue weighted by atomic mass is 10.2. The maximum Gasteiger partial charge on any atom is 0.138 e. The standard InChI is InChI=1S/C21H32N4O/c1-18-21(19(2)26-23-18)16-22-10-6-7-11-24-12-14-25(15-13-24)17-20-8-4-3-5-9-20/h3-5,8-9,22H,6-7,10-17H2,1-2H3. The van der Waals surface area contributed by atoms with Crippen molar-refractivity contribution in [3.8, 4) is 0 Å². The van der Waals surface area contributed by atoms with Gasteiger partial charge in [-0.25, -0.2) is 0 Å². The summed E-state index contributed by atoms with van der Waals surface area (Å²) in [4.78, 5) is 5.17. The molecule has 5 nitrogen and oxygen atoms in total. The van der Waals surface area contributed by atoms with Crippen molar-refractivity contribution in [1.82, 2.24) is 20.3 Å². The van der Waals surface area contributed by atoms with Crippen LogP contribution in [0.2, 0.25) is 0 Å². The van der Waals surface area contributed by atoms with Gasteiger partial charge in [0.15, 0.2) is 0 Å². The number of nitrogens with one attached hydrogen (secondary N) is 1. The Morgan fingerprint density at radius 1 is 1.00 bits per heavy atom. The molecule has 5 heteroatoms. The number of hydrogen-bond acceptors (Lipinski definition) is 5. The van der Waals surface area contributed by atoms with Crippen molar-refractivity contribution in [2.75, 3.05) is 39.3 Å². The van der Waals surface area contributed by atoms with E-state index in [1.54, 1.807) is 0 Å². The van der Waals surface area contributed by atoms with E-state index in [4.69, 9.17) is 4.52 Å². The molecular formula is C21H32N4O. The van der Waals surface area contributed by atoms with Gasteiger partial charge in [-0.05, 0) is 45.3 Å². The van der Waals surface area contributed by atoms with E-state index in [0.717, 1.165) is 31.1 Å². The summed E-state index contributed by atoms with van der Waals surface area (Å²) < 4.78 is 5.20. The fourth-order valence-electron chi connectivity index (χ4n) is 3.57. The van der Waals surface area contributed by atoms with Crippen LogP contribution in [0.1, 0.15) is 35.4 Å². The van der Waals surface area contributed by atoms with Crippen molar-refractivity contribution in [3.05, 3.63) is 52.9 Å². The monoisotopic (exact) mass is 356 g/mol. The van der Waals surface area contributed by atoms with Gasteiger partial charge in [-0.1, -0.05) is 35.5 Å². The zero-order chi connectivity index (χ0) is 18.2. The van der Waals surface area contributed by atoms with Gasteiger partial charge in [-0.2, -0.15) is 0 Å². The highest BCUT2D eigenvalue weighted by atomic mass is 16.5. The van der Waals surface area contributed by atoms with E-state index in [1.165, 1.54) is 56.7 Å². The van der Waals surface area contributed by atoms with Crippen molar-refractivity contribution in [2.45, 2.75) is 39.8 Å². The van der Waals surface area contributed by atoms with Crippen molar-refractivity contribution in [3.63, 3.8) is 0 Å². The van der Waals surface area contributed by atoms with E-state index in [-0.39, 0.29) is 0 Å². The van der Waals surface area contributed by atoms with Gasteiger partial charge in [0, 0.05) is 44.8 Å². The summed E-state index contributed by atoms with van der Waals surface area (Å²) in [6.45, 7) is 12.9. The molecule has 0 unspecified atom stereocenters. The average molecular weight is 357 g/mol. The van der Waals surface area contributed by atoms with Crippen LogP contribution < -0.4 is 5.32 Å². The van der Waals surface area contributed by atoms with Crippen LogP contribution >= 0.6 is 0 Å². The van der Waals surface area contributed by atoms with Gasteiger partial charge >= 0.3 is 0 Å². The number of unbranched alkanes of at least 4 members (excludes halogenated alkanes) is 1.